The molecule has 0 N–H and O–H groups in total. The quantitative estimate of drug-likeness (QED) is 0.599. The Balaban J connectivity index is 2.49. The van der Waals surface area contributed by atoms with Crippen molar-refractivity contribution in [1.29, 1.82) is 0 Å². The van der Waals surface area contributed by atoms with E-state index < -0.39 is 0 Å². The van der Waals surface area contributed by atoms with E-state index in [0.29, 0.717) is 0 Å². The lowest BCUT2D eigenvalue weighted by Crippen LogP contribution is -2.22. The zero-order valence-corrected chi connectivity index (χ0v) is 9.96. The van der Waals surface area contributed by atoms with Gasteiger partial charge in [0.25, 0.3) is 5.56 Å². The second-order valence-corrected chi connectivity index (χ2v) is 4.08. The molecule has 0 unspecified atom stereocenters. The maximum atomic E-state index is 11.3. The van der Waals surface area contributed by atoms with Crippen LogP contribution in [0.3, 0.4) is 0 Å². The van der Waals surface area contributed by atoms with Crippen LogP contribution in [0.2, 0.25) is 0 Å². The molecule has 0 aliphatic heterocycles. The van der Waals surface area contributed by atoms with Gasteiger partial charge in [0, 0.05) is 17.9 Å². The summed E-state index contributed by atoms with van der Waals surface area (Å²) in [4.78, 5) is 11.3. The molecule has 0 aliphatic rings. The molecule has 0 radical (unpaired) electrons. The molecule has 14 heavy (non-hydrogen) atoms. The average molecular weight is 259 g/mol. The SMILES string of the molecule is Cc1ccc(=O)n(CCCCCBr)n1. The summed E-state index contributed by atoms with van der Waals surface area (Å²) in [6, 6.07) is 3.32. The van der Waals surface area contributed by atoms with E-state index in [9.17, 15) is 4.79 Å². The molecule has 0 atom stereocenters. The molecular formula is C10H15BrN2O. The molecule has 1 heterocycles. The van der Waals surface area contributed by atoms with Crippen LogP contribution in [0.1, 0.15) is 25.0 Å². The minimum Gasteiger partial charge on any atom is -0.268 e. The summed E-state index contributed by atoms with van der Waals surface area (Å²) >= 11 is 3.38. The predicted molar refractivity (Wildman–Crippen MR) is 60.9 cm³/mol. The van der Waals surface area contributed by atoms with Crippen LogP contribution >= 0.6 is 15.9 Å². The molecule has 3 nitrogen and oxygen atoms in total. The molecule has 0 aromatic carbocycles. The number of alkyl halides is 1. The first kappa shape index (κ1) is 11.4. The van der Waals surface area contributed by atoms with Crippen LogP contribution in [-0.4, -0.2) is 15.1 Å². The maximum Gasteiger partial charge on any atom is 0.266 e. The number of nitrogens with zero attached hydrogens (tertiary/aromatic N) is 2. The molecule has 0 saturated heterocycles. The molecule has 1 aromatic heterocycles. The summed E-state index contributed by atoms with van der Waals surface area (Å²) < 4.78 is 1.55. The van der Waals surface area contributed by atoms with Crippen molar-refractivity contribution in [2.45, 2.75) is 32.7 Å². The smallest absolute Gasteiger partial charge is 0.266 e. The number of aryl methyl sites for hydroxylation is 2. The van der Waals surface area contributed by atoms with Crippen LogP contribution in [0.15, 0.2) is 16.9 Å². The Kier molecular flexibility index (Phi) is 4.87. The third kappa shape index (κ3) is 3.62. The second kappa shape index (κ2) is 5.96. The lowest BCUT2D eigenvalue weighted by atomic mass is 10.2. The highest BCUT2D eigenvalue weighted by atomic mass is 79.9. The van der Waals surface area contributed by atoms with Crippen molar-refractivity contribution in [2.24, 2.45) is 0 Å². The zero-order valence-electron chi connectivity index (χ0n) is 8.37. The van der Waals surface area contributed by atoms with Crippen LogP contribution in [0.25, 0.3) is 0 Å². The van der Waals surface area contributed by atoms with Gasteiger partial charge in [-0.3, -0.25) is 4.79 Å². The predicted octanol–water partition coefficient (Wildman–Crippen LogP) is 2.12. The van der Waals surface area contributed by atoms with Crippen molar-refractivity contribution in [2.75, 3.05) is 5.33 Å². The van der Waals surface area contributed by atoms with Gasteiger partial charge < -0.3 is 0 Å². The van der Waals surface area contributed by atoms with Gasteiger partial charge in [0.1, 0.15) is 0 Å². The van der Waals surface area contributed by atoms with E-state index in [1.165, 1.54) is 0 Å². The Labute approximate surface area is 92.3 Å². The summed E-state index contributed by atoms with van der Waals surface area (Å²) in [6.07, 6.45) is 3.30. The molecule has 0 saturated carbocycles. The fourth-order valence-corrected chi connectivity index (χ4v) is 1.64. The monoisotopic (exact) mass is 258 g/mol. The molecule has 1 aromatic rings. The standard InChI is InChI=1S/C10H15BrN2O/c1-9-5-6-10(14)13(12-9)8-4-2-3-7-11/h5-6H,2-4,7-8H2,1H3. The van der Waals surface area contributed by atoms with Crippen molar-refractivity contribution in [3.63, 3.8) is 0 Å². The summed E-state index contributed by atoms with van der Waals surface area (Å²) in [5.41, 5.74) is 0.888. The topological polar surface area (TPSA) is 34.9 Å². The van der Waals surface area contributed by atoms with E-state index in [1.807, 2.05) is 6.92 Å². The summed E-state index contributed by atoms with van der Waals surface area (Å²) in [5, 5.41) is 5.19. The Morgan fingerprint density at radius 1 is 1.36 bits per heavy atom. The number of aromatic nitrogens is 2. The van der Waals surface area contributed by atoms with Crippen molar-refractivity contribution < 1.29 is 0 Å². The van der Waals surface area contributed by atoms with Crippen LogP contribution in [-0.2, 0) is 6.54 Å². The Morgan fingerprint density at radius 3 is 2.86 bits per heavy atom. The van der Waals surface area contributed by atoms with E-state index in [1.54, 1.807) is 16.8 Å². The zero-order chi connectivity index (χ0) is 10.4. The van der Waals surface area contributed by atoms with Crippen molar-refractivity contribution >= 4 is 15.9 Å². The molecule has 0 fully saturated rings. The Hall–Kier alpha value is -0.640. The summed E-state index contributed by atoms with van der Waals surface area (Å²) in [6.45, 7) is 2.63. The second-order valence-electron chi connectivity index (χ2n) is 3.29. The lowest BCUT2D eigenvalue weighted by molar-refractivity contribution is 0.524. The Morgan fingerprint density at radius 2 is 2.14 bits per heavy atom. The number of hydrogen-bond donors (Lipinski definition) is 0. The van der Waals surface area contributed by atoms with E-state index in [4.69, 9.17) is 0 Å². The normalized spacial score (nSPS) is 10.4. The lowest BCUT2D eigenvalue weighted by Gasteiger charge is -2.03. The molecule has 1 rings (SSSR count). The fraction of sp³-hybridized carbons (Fsp3) is 0.600. The first-order valence-electron chi connectivity index (χ1n) is 4.85. The van der Waals surface area contributed by atoms with Gasteiger partial charge in [-0.2, -0.15) is 5.10 Å². The van der Waals surface area contributed by atoms with E-state index in [0.717, 1.165) is 36.8 Å². The highest BCUT2D eigenvalue weighted by molar-refractivity contribution is 9.09. The number of hydrogen-bond acceptors (Lipinski definition) is 2. The van der Waals surface area contributed by atoms with Crippen molar-refractivity contribution in [1.82, 2.24) is 9.78 Å². The van der Waals surface area contributed by atoms with Gasteiger partial charge in [0.15, 0.2) is 0 Å². The first-order chi connectivity index (χ1) is 6.74. The van der Waals surface area contributed by atoms with Gasteiger partial charge >= 0.3 is 0 Å². The molecule has 0 aliphatic carbocycles. The average Bonchev–Trinajstić information content (AvgIpc) is 2.18. The van der Waals surface area contributed by atoms with Crippen LogP contribution in [0, 0.1) is 6.92 Å². The number of unbranched alkanes of at least 4 members (excludes halogenated alkanes) is 2. The van der Waals surface area contributed by atoms with Crippen LogP contribution in [0.5, 0.6) is 0 Å². The molecule has 0 amide bonds. The van der Waals surface area contributed by atoms with Gasteiger partial charge in [-0.1, -0.05) is 22.4 Å². The van der Waals surface area contributed by atoms with Gasteiger partial charge in [-0.25, -0.2) is 4.68 Å². The minimum absolute atomic E-state index is 0.00515. The molecule has 78 valence electrons. The summed E-state index contributed by atoms with van der Waals surface area (Å²) in [5.74, 6) is 0. The van der Waals surface area contributed by atoms with E-state index in [2.05, 4.69) is 21.0 Å². The van der Waals surface area contributed by atoms with Crippen LogP contribution < -0.4 is 5.56 Å². The number of rotatable bonds is 5. The van der Waals surface area contributed by atoms with Gasteiger partial charge in [-0.05, 0) is 25.8 Å². The molecule has 4 heteroatoms. The maximum absolute atomic E-state index is 11.3. The molecule has 0 spiro atoms. The largest absolute Gasteiger partial charge is 0.268 e. The van der Waals surface area contributed by atoms with Crippen molar-refractivity contribution in [3.05, 3.63) is 28.2 Å². The molecular weight excluding hydrogens is 244 g/mol. The van der Waals surface area contributed by atoms with Crippen molar-refractivity contribution in [3.8, 4) is 0 Å². The van der Waals surface area contributed by atoms with E-state index >= 15 is 0 Å². The third-order valence-electron chi connectivity index (χ3n) is 2.00. The fourth-order valence-electron chi connectivity index (χ4n) is 1.24. The summed E-state index contributed by atoms with van der Waals surface area (Å²) in [7, 11) is 0. The number of halogens is 1. The Bertz CT molecular complexity index is 335. The van der Waals surface area contributed by atoms with Gasteiger partial charge in [-0.15, -0.1) is 0 Å². The molecule has 0 bridgehead atoms. The van der Waals surface area contributed by atoms with E-state index in [-0.39, 0.29) is 5.56 Å². The van der Waals surface area contributed by atoms with Crippen LogP contribution in [0.4, 0.5) is 0 Å². The minimum atomic E-state index is -0.00515. The third-order valence-corrected chi connectivity index (χ3v) is 2.56. The van der Waals surface area contributed by atoms with Gasteiger partial charge in [0.05, 0.1) is 5.69 Å². The highest BCUT2D eigenvalue weighted by Gasteiger charge is 1.96. The highest BCUT2D eigenvalue weighted by Crippen LogP contribution is 1.99. The first-order valence-corrected chi connectivity index (χ1v) is 5.97. The van der Waals surface area contributed by atoms with Gasteiger partial charge in [0.2, 0.25) is 0 Å².